The maximum atomic E-state index is 5.85. The van der Waals surface area contributed by atoms with E-state index in [1.165, 1.54) is 0 Å². The van der Waals surface area contributed by atoms with Crippen LogP contribution in [0.5, 0.6) is 5.75 Å². The fraction of sp³-hybridized carbons (Fsp3) is 0.308. The molecule has 0 amide bonds. The van der Waals surface area contributed by atoms with Gasteiger partial charge in [-0.05, 0) is 32.9 Å². The van der Waals surface area contributed by atoms with Crippen LogP contribution in [-0.4, -0.2) is 16.6 Å². The minimum absolute atomic E-state index is 0.624. The van der Waals surface area contributed by atoms with Gasteiger partial charge in [-0.25, -0.2) is 4.98 Å². The summed E-state index contributed by atoms with van der Waals surface area (Å²) in [5.74, 6) is 1.60. The Balaban J connectivity index is 2.44. The summed E-state index contributed by atoms with van der Waals surface area (Å²) in [6.07, 6.45) is 0. The lowest BCUT2D eigenvalue weighted by Gasteiger charge is -2.06. The summed E-state index contributed by atoms with van der Waals surface area (Å²) in [5.41, 5.74) is 9.55. The Morgan fingerprint density at radius 1 is 1.29 bits per heavy atom. The van der Waals surface area contributed by atoms with Gasteiger partial charge in [0.15, 0.2) is 0 Å². The third-order valence-electron chi connectivity index (χ3n) is 2.64. The van der Waals surface area contributed by atoms with Crippen molar-refractivity contribution in [3.05, 3.63) is 29.6 Å². The van der Waals surface area contributed by atoms with Crippen molar-refractivity contribution in [3.8, 4) is 17.1 Å². The summed E-state index contributed by atoms with van der Waals surface area (Å²) < 4.78 is 5.46. The van der Waals surface area contributed by atoms with Crippen molar-refractivity contribution in [2.75, 3.05) is 12.3 Å². The summed E-state index contributed by atoms with van der Waals surface area (Å²) in [6.45, 7) is 6.55. The molecule has 3 N–H and O–H groups in total. The second-order valence-corrected chi connectivity index (χ2v) is 4.02. The Morgan fingerprint density at radius 2 is 2.06 bits per heavy atom. The van der Waals surface area contributed by atoms with E-state index in [9.17, 15) is 0 Å². The molecule has 0 spiro atoms. The summed E-state index contributed by atoms with van der Waals surface area (Å²) in [4.78, 5) is 7.69. The molecule has 0 atom stereocenters. The molecule has 0 aliphatic rings. The second kappa shape index (κ2) is 4.49. The highest BCUT2D eigenvalue weighted by Gasteiger charge is 2.07. The predicted molar refractivity (Wildman–Crippen MR) is 69.1 cm³/mol. The van der Waals surface area contributed by atoms with E-state index in [0.717, 1.165) is 28.5 Å². The second-order valence-electron chi connectivity index (χ2n) is 4.02. The first-order valence-electron chi connectivity index (χ1n) is 5.67. The Kier molecular flexibility index (Phi) is 3.04. The topological polar surface area (TPSA) is 63.9 Å². The fourth-order valence-electron chi connectivity index (χ4n) is 1.69. The van der Waals surface area contributed by atoms with Gasteiger partial charge in [-0.1, -0.05) is 0 Å². The molecule has 4 heteroatoms. The Bertz CT molecular complexity index is 512. The SMILES string of the molecule is CCOc1cc(N)cc(-c2nc(C)c(C)[nH]2)c1. The molecule has 90 valence electrons. The van der Waals surface area contributed by atoms with Crippen molar-refractivity contribution in [1.82, 2.24) is 9.97 Å². The number of benzene rings is 1. The number of aromatic nitrogens is 2. The molecule has 0 aliphatic heterocycles. The maximum Gasteiger partial charge on any atom is 0.138 e. The van der Waals surface area contributed by atoms with E-state index in [-0.39, 0.29) is 0 Å². The predicted octanol–water partition coefficient (Wildman–Crippen LogP) is 2.67. The maximum absolute atomic E-state index is 5.85. The number of hydrogen-bond donors (Lipinski definition) is 2. The number of aromatic amines is 1. The van der Waals surface area contributed by atoms with E-state index in [2.05, 4.69) is 9.97 Å². The molecule has 1 heterocycles. The van der Waals surface area contributed by atoms with Crippen molar-refractivity contribution in [2.45, 2.75) is 20.8 Å². The van der Waals surface area contributed by atoms with Crippen molar-refractivity contribution < 1.29 is 4.74 Å². The largest absolute Gasteiger partial charge is 0.494 e. The number of nitrogen functional groups attached to an aromatic ring is 1. The van der Waals surface area contributed by atoms with Crippen molar-refractivity contribution in [2.24, 2.45) is 0 Å². The Hall–Kier alpha value is -1.97. The number of nitrogens with zero attached hydrogens (tertiary/aromatic N) is 1. The van der Waals surface area contributed by atoms with Crippen LogP contribution in [0.25, 0.3) is 11.4 Å². The lowest BCUT2D eigenvalue weighted by molar-refractivity contribution is 0.340. The lowest BCUT2D eigenvalue weighted by Crippen LogP contribution is -1.94. The number of rotatable bonds is 3. The molecule has 4 nitrogen and oxygen atoms in total. The molecule has 0 saturated heterocycles. The van der Waals surface area contributed by atoms with Crippen LogP contribution in [-0.2, 0) is 0 Å². The molecule has 0 radical (unpaired) electrons. The van der Waals surface area contributed by atoms with E-state index in [0.29, 0.717) is 12.3 Å². The van der Waals surface area contributed by atoms with Gasteiger partial charge in [0, 0.05) is 23.0 Å². The van der Waals surface area contributed by atoms with Crippen LogP contribution < -0.4 is 10.5 Å². The van der Waals surface area contributed by atoms with Gasteiger partial charge in [-0.3, -0.25) is 0 Å². The molecule has 0 saturated carbocycles. The highest BCUT2D eigenvalue weighted by atomic mass is 16.5. The standard InChI is InChI=1S/C13H17N3O/c1-4-17-12-6-10(5-11(14)7-12)13-15-8(2)9(3)16-13/h5-7H,4,14H2,1-3H3,(H,15,16). The van der Waals surface area contributed by atoms with Crippen LogP contribution in [0.3, 0.4) is 0 Å². The molecule has 1 aromatic carbocycles. The van der Waals surface area contributed by atoms with Crippen LogP contribution in [0.15, 0.2) is 18.2 Å². The summed E-state index contributed by atoms with van der Waals surface area (Å²) >= 11 is 0. The third kappa shape index (κ3) is 2.41. The zero-order valence-electron chi connectivity index (χ0n) is 10.4. The Morgan fingerprint density at radius 3 is 2.65 bits per heavy atom. The van der Waals surface area contributed by atoms with Gasteiger partial charge in [0.25, 0.3) is 0 Å². The number of nitrogens with two attached hydrogens (primary N) is 1. The van der Waals surface area contributed by atoms with Crippen LogP contribution >= 0.6 is 0 Å². The minimum Gasteiger partial charge on any atom is -0.494 e. The summed E-state index contributed by atoms with van der Waals surface area (Å²) in [7, 11) is 0. The summed E-state index contributed by atoms with van der Waals surface area (Å²) in [6, 6.07) is 5.65. The highest BCUT2D eigenvalue weighted by molar-refractivity contribution is 5.65. The van der Waals surface area contributed by atoms with E-state index in [1.807, 2.05) is 39.0 Å². The zero-order chi connectivity index (χ0) is 12.4. The quantitative estimate of drug-likeness (QED) is 0.798. The smallest absolute Gasteiger partial charge is 0.138 e. The summed E-state index contributed by atoms with van der Waals surface area (Å²) in [5, 5.41) is 0. The van der Waals surface area contributed by atoms with Crippen molar-refractivity contribution in [3.63, 3.8) is 0 Å². The molecular formula is C13H17N3O. The minimum atomic E-state index is 0.624. The normalized spacial score (nSPS) is 10.5. The van der Waals surface area contributed by atoms with Crippen LogP contribution in [0, 0.1) is 13.8 Å². The van der Waals surface area contributed by atoms with E-state index >= 15 is 0 Å². The molecule has 17 heavy (non-hydrogen) atoms. The molecule has 2 aromatic rings. The van der Waals surface area contributed by atoms with Crippen LogP contribution in [0.2, 0.25) is 0 Å². The van der Waals surface area contributed by atoms with E-state index in [4.69, 9.17) is 10.5 Å². The lowest BCUT2D eigenvalue weighted by atomic mass is 10.2. The van der Waals surface area contributed by atoms with Gasteiger partial charge in [0.05, 0.1) is 12.3 Å². The number of anilines is 1. The monoisotopic (exact) mass is 231 g/mol. The van der Waals surface area contributed by atoms with E-state index < -0.39 is 0 Å². The number of H-pyrrole nitrogens is 1. The van der Waals surface area contributed by atoms with Gasteiger partial charge in [-0.2, -0.15) is 0 Å². The number of aryl methyl sites for hydroxylation is 2. The van der Waals surface area contributed by atoms with Crippen molar-refractivity contribution in [1.29, 1.82) is 0 Å². The third-order valence-corrected chi connectivity index (χ3v) is 2.64. The number of nitrogens with one attached hydrogen (secondary N) is 1. The average Bonchev–Trinajstić information content (AvgIpc) is 2.59. The molecule has 2 rings (SSSR count). The number of hydrogen-bond acceptors (Lipinski definition) is 3. The van der Waals surface area contributed by atoms with E-state index in [1.54, 1.807) is 0 Å². The molecule has 0 bridgehead atoms. The van der Waals surface area contributed by atoms with Gasteiger partial charge in [0.2, 0.25) is 0 Å². The first-order valence-corrected chi connectivity index (χ1v) is 5.67. The Labute approximate surface area is 101 Å². The molecule has 0 aliphatic carbocycles. The van der Waals surface area contributed by atoms with Gasteiger partial charge >= 0.3 is 0 Å². The molecule has 0 unspecified atom stereocenters. The van der Waals surface area contributed by atoms with Crippen LogP contribution in [0.4, 0.5) is 5.69 Å². The van der Waals surface area contributed by atoms with Gasteiger partial charge < -0.3 is 15.5 Å². The first-order chi connectivity index (χ1) is 8.10. The number of imidazole rings is 1. The highest BCUT2D eigenvalue weighted by Crippen LogP contribution is 2.26. The van der Waals surface area contributed by atoms with Crippen molar-refractivity contribution >= 4 is 5.69 Å². The molecular weight excluding hydrogens is 214 g/mol. The van der Waals surface area contributed by atoms with Gasteiger partial charge in [0.1, 0.15) is 11.6 Å². The zero-order valence-corrected chi connectivity index (χ0v) is 10.4. The average molecular weight is 231 g/mol. The fourth-order valence-corrected chi connectivity index (χ4v) is 1.69. The van der Waals surface area contributed by atoms with Gasteiger partial charge in [-0.15, -0.1) is 0 Å². The molecule has 0 fully saturated rings. The van der Waals surface area contributed by atoms with Crippen LogP contribution in [0.1, 0.15) is 18.3 Å². The first kappa shape index (κ1) is 11.5. The number of ether oxygens (including phenoxy) is 1. The molecule has 1 aromatic heterocycles.